The molecule has 0 atom stereocenters. The average Bonchev–Trinajstić information content (AvgIpc) is 2.90. The SMILES string of the molecule is CC(C)c1nc(C(=O)NCCN)nn1-c1ccccc1Cl. The number of halogens is 1. The minimum absolute atomic E-state index is 0.102. The molecule has 1 amide bonds. The van der Waals surface area contributed by atoms with E-state index in [-0.39, 0.29) is 17.6 Å². The molecule has 112 valence electrons. The van der Waals surface area contributed by atoms with Gasteiger partial charge in [0.15, 0.2) is 0 Å². The topological polar surface area (TPSA) is 85.8 Å². The number of hydrogen-bond donors (Lipinski definition) is 2. The zero-order valence-electron chi connectivity index (χ0n) is 12.0. The fraction of sp³-hybridized carbons (Fsp3) is 0.357. The lowest BCUT2D eigenvalue weighted by Gasteiger charge is -2.09. The Morgan fingerprint density at radius 3 is 2.76 bits per heavy atom. The second-order valence-corrected chi connectivity index (χ2v) is 5.26. The predicted molar refractivity (Wildman–Crippen MR) is 81.8 cm³/mol. The lowest BCUT2D eigenvalue weighted by Crippen LogP contribution is -2.29. The van der Waals surface area contributed by atoms with Crippen LogP contribution >= 0.6 is 11.6 Å². The fourth-order valence-electron chi connectivity index (χ4n) is 1.86. The number of benzene rings is 1. The molecule has 0 aliphatic rings. The number of carbonyl (C=O) groups excluding carboxylic acids is 1. The van der Waals surface area contributed by atoms with E-state index < -0.39 is 0 Å². The molecule has 0 aliphatic heterocycles. The summed E-state index contributed by atoms with van der Waals surface area (Å²) in [7, 11) is 0. The molecule has 1 aromatic heterocycles. The van der Waals surface area contributed by atoms with Crippen LogP contribution in [0.15, 0.2) is 24.3 Å². The number of hydrogen-bond acceptors (Lipinski definition) is 4. The fourth-order valence-corrected chi connectivity index (χ4v) is 2.08. The van der Waals surface area contributed by atoms with Gasteiger partial charge in [0, 0.05) is 19.0 Å². The van der Waals surface area contributed by atoms with Gasteiger partial charge >= 0.3 is 0 Å². The van der Waals surface area contributed by atoms with Crippen LogP contribution in [0.25, 0.3) is 5.69 Å². The van der Waals surface area contributed by atoms with Crippen LogP contribution in [0.2, 0.25) is 5.02 Å². The molecule has 0 fully saturated rings. The van der Waals surface area contributed by atoms with Crippen LogP contribution < -0.4 is 11.1 Å². The minimum Gasteiger partial charge on any atom is -0.348 e. The summed E-state index contributed by atoms with van der Waals surface area (Å²) in [5, 5.41) is 7.50. The number of aromatic nitrogens is 3. The minimum atomic E-state index is -0.340. The lowest BCUT2D eigenvalue weighted by molar-refractivity contribution is 0.0944. The Kier molecular flexibility index (Phi) is 4.93. The van der Waals surface area contributed by atoms with Gasteiger partial charge in [-0.1, -0.05) is 37.6 Å². The number of nitrogens with two attached hydrogens (primary N) is 1. The number of para-hydroxylation sites is 1. The van der Waals surface area contributed by atoms with E-state index in [9.17, 15) is 4.79 Å². The molecule has 0 saturated carbocycles. The van der Waals surface area contributed by atoms with Crippen molar-refractivity contribution in [3.8, 4) is 5.69 Å². The van der Waals surface area contributed by atoms with Crippen molar-refractivity contribution >= 4 is 17.5 Å². The largest absolute Gasteiger partial charge is 0.348 e. The summed E-state index contributed by atoms with van der Waals surface area (Å²) >= 11 is 6.20. The molecular weight excluding hydrogens is 290 g/mol. The van der Waals surface area contributed by atoms with Crippen molar-refractivity contribution in [1.29, 1.82) is 0 Å². The molecule has 1 aromatic carbocycles. The Morgan fingerprint density at radius 2 is 2.14 bits per heavy atom. The highest BCUT2D eigenvalue weighted by molar-refractivity contribution is 6.32. The Hall–Kier alpha value is -1.92. The van der Waals surface area contributed by atoms with E-state index in [2.05, 4.69) is 15.4 Å². The Bertz CT molecular complexity index is 638. The summed E-state index contributed by atoms with van der Waals surface area (Å²) in [5.41, 5.74) is 6.07. The zero-order valence-corrected chi connectivity index (χ0v) is 12.8. The van der Waals surface area contributed by atoms with Crippen molar-refractivity contribution in [3.05, 3.63) is 40.9 Å². The van der Waals surface area contributed by atoms with Crippen LogP contribution in [0.3, 0.4) is 0 Å². The third-order valence-corrected chi connectivity index (χ3v) is 3.18. The van der Waals surface area contributed by atoms with E-state index in [1.807, 2.05) is 32.0 Å². The molecule has 2 rings (SSSR count). The molecule has 0 saturated heterocycles. The summed E-state index contributed by atoms with van der Waals surface area (Å²) < 4.78 is 1.62. The van der Waals surface area contributed by atoms with E-state index >= 15 is 0 Å². The van der Waals surface area contributed by atoms with Crippen LogP contribution in [0, 0.1) is 0 Å². The average molecular weight is 308 g/mol. The van der Waals surface area contributed by atoms with E-state index in [0.717, 1.165) is 0 Å². The van der Waals surface area contributed by atoms with E-state index in [1.54, 1.807) is 10.7 Å². The summed E-state index contributed by atoms with van der Waals surface area (Å²) in [6, 6.07) is 7.31. The molecule has 0 radical (unpaired) electrons. The van der Waals surface area contributed by atoms with Gasteiger partial charge in [-0.3, -0.25) is 4.79 Å². The molecule has 2 aromatic rings. The monoisotopic (exact) mass is 307 g/mol. The van der Waals surface area contributed by atoms with E-state index in [1.165, 1.54) is 0 Å². The number of nitrogens with one attached hydrogen (secondary N) is 1. The molecule has 0 bridgehead atoms. The van der Waals surface area contributed by atoms with Crippen molar-refractivity contribution in [2.75, 3.05) is 13.1 Å². The summed E-state index contributed by atoms with van der Waals surface area (Å²) in [4.78, 5) is 16.3. The second-order valence-electron chi connectivity index (χ2n) is 4.86. The first-order valence-corrected chi connectivity index (χ1v) is 7.12. The normalized spacial score (nSPS) is 10.9. The number of rotatable bonds is 5. The predicted octanol–water partition coefficient (Wildman–Crippen LogP) is 1.73. The maximum Gasteiger partial charge on any atom is 0.291 e. The molecule has 1 heterocycles. The molecule has 3 N–H and O–H groups in total. The Balaban J connectivity index is 2.43. The highest BCUT2D eigenvalue weighted by Crippen LogP contribution is 2.23. The van der Waals surface area contributed by atoms with Crippen LogP contribution in [-0.4, -0.2) is 33.8 Å². The van der Waals surface area contributed by atoms with Crippen LogP contribution in [0.5, 0.6) is 0 Å². The Morgan fingerprint density at radius 1 is 1.43 bits per heavy atom. The van der Waals surface area contributed by atoms with Gasteiger partial charge in [-0.15, -0.1) is 5.10 Å². The molecule has 0 aliphatic carbocycles. The lowest BCUT2D eigenvalue weighted by atomic mass is 10.2. The first kappa shape index (κ1) is 15.5. The van der Waals surface area contributed by atoms with Crippen LogP contribution in [-0.2, 0) is 0 Å². The number of carbonyl (C=O) groups is 1. The van der Waals surface area contributed by atoms with Crippen molar-refractivity contribution in [3.63, 3.8) is 0 Å². The third-order valence-electron chi connectivity index (χ3n) is 2.86. The number of nitrogens with zero attached hydrogens (tertiary/aromatic N) is 3. The van der Waals surface area contributed by atoms with Gasteiger partial charge in [-0.2, -0.15) is 0 Å². The molecular formula is C14H18ClN5O. The molecule has 6 nitrogen and oxygen atoms in total. The molecule has 7 heteroatoms. The van der Waals surface area contributed by atoms with E-state index in [0.29, 0.717) is 29.6 Å². The summed E-state index contributed by atoms with van der Waals surface area (Å²) in [6.45, 7) is 4.72. The van der Waals surface area contributed by atoms with Crippen LogP contribution in [0.1, 0.15) is 36.2 Å². The van der Waals surface area contributed by atoms with Gasteiger partial charge in [-0.25, -0.2) is 9.67 Å². The van der Waals surface area contributed by atoms with Crippen molar-refractivity contribution in [1.82, 2.24) is 20.1 Å². The quantitative estimate of drug-likeness (QED) is 0.881. The van der Waals surface area contributed by atoms with Gasteiger partial charge in [0.1, 0.15) is 5.82 Å². The first-order valence-electron chi connectivity index (χ1n) is 6.74. The third kappa shape index (κ3) is 3.40. The van der Waals surface area contributed by atoms with Gasteiger partial charge in [-0.05, 0) is 12.1 Å². The van der Waals surface area contributed by atoms with Gasteiger partial charge < -0.3 is 11.1 Å². The van der Waals surface area contributed by atoms with Crippen LogP contribution in [0.4, 0.5) is 0 Å². The Labute approximate surface area is 128 Å². The first-order chi connectivity index (χ1) is 10.0. The zero-order chi connectivity index (χ0) is 15.4. The van der Waals surface area contributed by atoms with E-state index in [4.69, 9.17) is 17.3 Å². The maximum atomic E-state index is 12.0. The highest BCUT2D eigenvalue weighted by Gasteiger charge is 2.20. The van der Waals surface area contributed by atoms with Gasteiger partial charge in [0.2, 0.25) is 5.82 Å². The van der Waals surface area contributed by atoms with Gasteiger partial charge in [0.05, 0.1) is 10.7 Å². The van der Waals surface area contributed by atoms with Crippen molar-refractivity contribution in [2.24, 2.45) is 5.73 Å². The summed E-state index contributed by atoms with van der Waals surface area (Å²) in [5.74, 6) is 0.561. The molecule has 0 spiro atoms. The number of amides is 1. The summed E-state index contributed by atoms with van der Waals surface area (Å²) in [6.07, 6.45) is 0. The molecule has 21 heavy (non-hydrogen) atoms. The maximum absolute atomic E-state index is 12.0. The van der Waals surface area contributed by atoms with Crippen molar-refractivity contribution < 1.29 is 4.79 Å². The highest BCUT2D eigenvalue weighted by atomic mass is 35.5. The standard InChI is InChI=1S/C14H18ClN5O/c1-9(2)13-18-12(14(21)17-8-7-16)19-20(13)11-6-4-3-5-10(11)15/h3-6,9H,7-8,16H2,1-2H3,(H,17,21). The smallest absolute Gasteiger partial charge is 0.291 e. The second kappa shape index (κ2) is 6.69. The van der Waals surface area contributed by atoms with Gasteiger partial charge in [0.25, 0.3) is 5.91 Å². The molecule has 0 unspecified atom stereocenters. The van der Waals surface area contributed by atoms with Crippen molar-refractivity contribution in [2.45, 2.75) is 19.8 Å².